The van der Waals surface area contributed by atoms with E-state index in [1.165, 1.54) is 16.2 Å². The number of amides is 1. The molecule has 348 valence electrons. The monoisotopic (exact) mass is 913 g/mol. The number of rotatable bonds is 13. The number of ether oxygens (including phenoxy) is 4. The second kappa shape index (κ2) is 19.0. The van der Waals surface area contributed by atoms with Crippen LogP contribution in [0.5, 0.6) is 11.8 Å². The van der Waals surface area contributed by atoms with Crippen molar-refractivity contribution in [3.8, 4) is 11.8 Å². The summed E-state index contributed by atoms with van der Waals surface area (Å²) in [6.45, 7) is 9.31. The molecular formula is C50H51N5O12. The highest BCUT2D eigenvalue weighted by atomic mass is 16.6. The molecule has 0 N–H and O–H groups in total. The predicted octanol–water partition coefficient (Wildman–Crippen LogP) is 8.85. The highest BCUT2D eigenvalue weighted by molar-refractivity contribution is 5.95. The molecule has 0 saturated carbocycles. The number of carbonyl (C=O) groups excluding carboxylic acids is 2. The Balaban J connectivity index is 0.000000182. The molecular weight excluding hydrogens is 863 g/mol. The highest BCUT2D eigenvalue weighted by Gasteiger charge is 2.23. The molecule has 0 atom stereocenters. The summed E-state index contributed by atoms with van der Waals surface area (Å²) in [4.78, 5) is 49.3. The maximum atomic E-state index is 12.1. The second-order valence-electron chi connectivity index (χ2n) is 16.5. The number of allylic oxidation sites excluding steroid dienone is 1. The lowest BCUT2D eigenvalue weighted by atomic mass is 9.92. The highest BCUT2D eigenvalue weighted by Crippen LogP contribution is 2.37. The molecule has 0 aliphatic carbocycles. The van der Waals surface area contributed by atoms with Crippen LogP contribution in [-0.4, -0.2) is 77.4 Å². The van der Waals surface area contributed by atoms with Gasteiger partial charge in [0.15, 0.2) is 22.3 Å². The van der Waals surface area contributed by atoms with Gasteiger partial charge in [-0.25, -0.2) is 14.4 Å². The maximum absolute atomic E-state index is 12.1. The topological polar surface area (TPSA) is 197 Å². The largest absolute Gasteiger partial charge is 0.478 e. The fourth-order valence-electron chi connectivity index (χ4n) is 8.47. The van der Waals surface area contributed by atoms with Crippen LogP contribution in [-0.2, 0) is 28.4 Å². The van der Waals surface area contributed by atoms with Crippen LogP contribution in [0.15, 0.2) is 88.2 Å². The molecule has 4 aromatic heterocycles. The molecule has 1 aliphatic heterocycles. The zero-order chi connectivity index (χ0) is 47.7. The lowest BCUT2D eigenvalue weighted by Gasteiger charge is -2.14. The minimum Gasteiger partial charge on any atom is -0.478 e. The lowest BCUT2D eigenvalue weighted by molar-refractivity contribution is -0.140. The Labute approximate surface area is 383 Å². The standard InChI is InChI=1S/C25H25N3O6.C25H26N2O6/c1-14-10-16(12-19-21(14)34-26-23(19)31-4)18(6-5-7-28-8-9-32-25(28)30)17-11-15(2)22-20(13-17)27(3)24(29)33-22;1-14-10-16(12-19-22(14)33-26-24(19)31-5)18(8-6-7-9-21(28)30-4)17-11-15(2)23-20(13-17)27(3)25(29)32-23/h6,10-13H,5,7-9H2,1-4H3;8,10-13H,6-7,9H2,1-5H3/b18-6+;18-8-. The summed E-state index contributed by atoms with van der Waals surface area (Å²) in [5.41, 5.74) is 13.2. The number of fused-ring (bicyclic) bond motifs is 4. The molecule has 0 bridgehead atoms. The fraction of sp³-hybridized carbons (Fsp3) is 0.320. The molecule has 0 radical (unpaired) electrons. The van der Waals surface area contributed by atoms with Crippen molar-refractivity contribution >= 4 is 67.3 Å². The van der Waals surface area contributed by atoms with Gasteiger partial charge in [0.05, 0.1) is 49.7 Å². The number of carbonyl (C=O) groups is 2. The smallest absolute Gasteiger partial charge is 0.419 e. The Morgan fingerprint density at radius 3 is 1.52 bits per heavy atom. The molecule has 5 heterocycles. The van der Waals surface area contributed by atoms with Gasteiger partial charge < -0.3 is 41.7 Å². The van der Waals surface area contributed by atoms with Crippen LogP contribution >= 0.6 is 0 Å². The first-order valence-corrected chi connectivity index (χ1v) is 21.7. The third-order valence-electron chi connectivity index (χ3n) is 12.0. The third-order valence-corrected chi connectivity index (χ3v) is 12.0. The van der Waals surface area contributed by atoms with E-state index in [0.717, 1.165) is 77.5 Å². The number of esters is 1. The van der Waals surface area contributed by atoms with Crippen molar-refractivity contribution < 1.29 is 46.4 Å². The van der Waals surface area contributed by atoms with E-state index in [1.54, 1.807) is 33.2 Å². The second-order valence-corrected chi connectivity index (χ2v) is 16.5. The number of aromatic nitrogens is 4. The van der Waals surface area contributed by atoms with Gasteiger partial charge in [-0.3, -0.25) is 13.9 Å². The van der Waals surface area contributed by atoms with Crippen molar-refractivity contribution in [2.45, 2.75) is 53.4 Å². The number of benzene rings is 4. The number of unbranched alkanes of at least 4 members (excludes halogenated alkanes) is 1. The lowest BCUT2D eigenvalue weighted by Crippen LogP contribution is -2.24. The molecule has 1 fully saturated rings. The Hall–Kier alpha value is -7.82. The molecule has 1 saturated heterocycles. The quantitative estimate of drug-likeness (QED) is 0.0785. The molecule has 0 spiro atoms. The first-order chi connectivity index (χ1) is 32.2. The van der Waals surface area contributed by atoms with Gasteiger partial charge in [-0.2, -0.15) is 0 Å². The number of oxazole rings is 2. The van der Waals surface area contributed by atoms with Crippen molar-refractivity contribution in [2.75, 3.05) is 41.0 Å². The number of methoxy groups -OCH3 is 3. The van der Waals surface area contributed by atoms with Crippen molar-refractivity contribution in [3.63, 3.8) is 0 Å². The summed E-state index contributed by atoms with van der Waals surface area (Å²) in [5.74, 6) is -0.200. The first kappa shape index (κ1) is 45.7. The van der Waals surface area contributed by atoms with E-state index in [2.05, 4.69) is 22.5 Å². The van der Waals surface area contributed by atoms with Crippen LogP contribution < -0.4 is 21.0 Å². The molecule has 4 aromatic carbocycles. The molecule has 17 nitrogen and oxygen atoms in total. The Morgan fingerprint density at radius 1 is 0.642 bits per heavy atom. The average molecular weight is 914 g/mol. The minimum absolute atomic E-state index is 0.234. The number of cyclic esters (lactones) is 1. The van der Waals surface area contributed by atoms with Crippen molar-refractivity contribution in [3.05, 3.63) is 126 Å². The maximum Gasteiger partial charge on any atom is 0.419 e. The van der Waals surface area contributed by atoms with Crippen molar-refractivity contribution in [1.29, 1.82) is 0 Å². The van der Waals surface area contributed by atoms with E-state index in [-0.39, 0.29) is 12.1 Å². The summed E-state index contributed by atoms with van der Waals surface area (Å²) in [7, 11) is 7.88. The van der Waals surface area contributed by atoms with E-state index >= 15 is 0 Å². The summed E-state index contributed by atoms with van der Waals surface area (Å²) in [5, 5.41) is 9.57. The number of nitrogens with zero attached hydrogens (tertiary/aromatic N) is 5. The number of aryl methyl sites for hydroxylation is 6. The SMILES string of the molecule is COC(=O)CCC/C=C(/c1cc(C)c2onc(OC)c2c1)c1cc(C)c2oc(=O)n(C)c2c1.COc1noc2c(C)cc(/C(=C\CCN3CCOC3=O)c3cc(C)c4oc(=O)n(C)c4c3)cc12. The minimum atomic E-state index is -0.403. The molecule has 17 heteroatoms. The summed E-state index contributed by atoms with van der Waals surface area (Å²) in [6, 6.07) is 16.0. The van der Waals surface area contributed by atoms with Gasteiger partial charge in [-0.05, 0) is 161 Å². The van der Waals surface area contributed by atoms with E-state index in [1.807, 2.05) is 76.2 Å². The Bertz CT molecular complexity index is 3390. The predicted molar refractivity (Wildman–Crippen MR) is 251 cm³/mol. The van der Waals surface area contributed by atoms with Gasteiger partial charge in [0, 0.05) is 27.1 Å². The number of hydrogen-bond donors (Lipinski definition) is 0. The molecule has 8 aromatic rings. The van der Waals surface area contributed by atoms with Gasteiger partial charge >= 0.3 is 23.6 Å². The van der Waals surface area contributed by atoms with Gasteiger partial charge in [-0.15, -0.1) is 0 Å². The summed E-state index contributed by atoms with van der Waals surface area (Å²) < 4.78 is 45.3. The van der Waals surface area contributed by atoms with Gasteiger partial charge in [-0.1, -0.05) is 12.2 Å². The van der Waals surface area contributed by atoms with Crippen LogP contribution in [0.4, 0.5) is 4.79 Å². The molecule has 1 amide bonds. The molecule has 9 rings (SSSR count). The first-order valence-electron chi connectivity index (χ1n) is 21.7. The van der Waals surface area contributed by atoms with E-state index in [4.69, 9.17) is 36.8 Å². The van der Waals surface area contributed by atoms with Gasteiger partial charge in [0.1, 0.15) is 6.61 Å². The molecule has 0 unspecified atom stereocenters. The Kier molecular flexibility index (Phi) is 12.9. The summed E-state index contributed by atoms with van der Waals surface area (Å²) >= 11 is 0. The van der Waals surface area contributed by atoms with Crippen LogP contribution in [0, 0.1) is 27.7 Å². The van der Waals surface area contributed by atoms with E-state index < -0.39 is 11.5 Å². The molecule has 1 aliphatic rings. The van der Waals surface area contributed by atoms with Crippen molar-refractivity contribution in [2.24, 2.45) is 14.1 Å². The number of hydrogen-bond acceptors (Lipinski definition) is 14. The zero-order valence-corrected chi connectivity index (χ0v) is 38.9. The fourth-order valence-corrected chi connectivity index (χ4v) is 8.47. The van der Waals surface area contributed by atoms with Crippen LogP contribution in [0.25, 0.3) is 55.3 Å². The molecule has 67 heavy (non-hydrogen) atoms. The van der Waals surface area contributed by atoms with E-state index in [9.17, 15) is 19.2 Å². The van der Waals surface area contributed by atoms with Crippen LogP contribution in [0.2, 0.25) is 0 Å². The van der Waals surface area contributed by atoms with E-state index in [0.29, 0.717) is 79.5 Å². The Morgan fingerprint density at radius 2 is 1.09 bits per heavy atom. The van der Waals surface area contributed by atoms with Crippen LogP contribution in [0.1, 0.15) is 70.2 Å². The van der Waals surface area contributed by atoms with Gasteiger partial charge in [0.2, 0.25) is 0 Å². The third kappa shape index (κ3) is 8.96. The van der Waals surface area contributed by atoms with Gasteiger partial charge in [0.25, 0.3) is 11.8 Å². The average Bonchev–Trinajstić information content (AvgIpc) is 4.15. The summed E-state index contributed by atoms with van der Waals surface area (Å²) in [6.07, 6.45) is 6.21. The van der Waals surface area contributed by atoms with Crippen LogP contribution in [0.3, 0.4) is 0 Å². The van der Waals surface area contributed by atoms with Crippen molar-refractivity contribution in [1.82, 2.24) is 24.3 Å². The zero-order valence-electron chi connectivity index (χ0n) is 38.9. The normalized spacial score (nSPS) is 13.2.